The molecule has 0 aromatic rings. The summed E-state index contributed by atoms with van der Waals surface area (Å²) in [5, 5.41) is 0. The molecule has 0 radical (unpaired) electrons. The van der Waals surface area contributed by atoms with Crippen molar-refractivity contribution in [2.45, 2.75) is 52.4 Å². The molecule has 0 atom stereocenters. The summed E-state index contributed by atoms with van der Waals surface area (Å²) in [7, 11) is 0. The first kappa shape index (κ1) is 13.1. The number of hydrogen-bond acceptors (Lipinski definition) is 1. The highest BCUT2D eigenvalue weighted by Gasteiger charge is 1.92. The summed E-state index contributed by atoms with van der Waals surface area (Å²) in [6.45, 7) is 8.71. The van der Waals surface area contributed by atoms with E-state index in [0.29, 0.717) is 0 Å². The van der Waals surface area contributed by atoms with Crippen molar-refractivity contribution in [2.75, 3.05) is 6.61 Å². The molecule has 0 aliphatic heterocycles. The Bertz CT molecular complexity index is 195. The SMILES string of the molecule is C=C(CCCCC#CCCC)OCC. The highest BCUT2D eigenvalue weighted by atomic mass is 16.5. The average Bonchev–Trinajstić information content (AvgIpc) is 2.17. The highest BCUT2D eigenvalue weighted by Crippen LogP contribution is 2.07. The number of hydrogen-bond donors (Lipinski definition) is 0. The number of unbranched alkanes of at least 4 members (excludes halogenated alkanes) is 3. The lowest BCUT2D eigenvalue weighted by molar-refractivity contribution is 0.218. The molecular weight excluding hydrogens is 172 g/mol. The molecule has 14 heavy (non-hydrogen) atoms. The fraction of sp³-hybridized carbons (Fsp3) is 0.692. The van der Waals surface area contributed by atoms with Gasteiger partial charge >= 0.3 is 0 Å². The molecule has 0 heterocycles. The lowest BCUT2D eigenvalue weighted by Crippen LogP contribution is -1.89. The van der Waals surface area contributed by atoms with Gasteiger partial charge in [-0.2, -0.15) is 0 Å². The van der Waals surface area contributed by atoms with Crippen molar-refractivity contribution in [3.8, 4) is 11.8 Å². The van der Waals surface area contributed by atoms with Crippen molar-refractivity contribution in [1.82, 2.24) is 0 Å². The van der Waals surface area contributed by atoms with Crippen molar-refractivity contribution < 1.29 is 4.74 Å². The maximum absolute atomic E-state index is 5.26. The standard InChI is InChI=1S/C13H22O/c1-4-6-7-8-9-10-11-12-13(3)14-5-2/h3-6,9-12H2,1-2H3. The number of rotatable bonds is 7. The van der Waals surface area contributed by atoms with Gasteiger partial charge in [-0.05, 0) is 26.2 Å². The van der Waals surface area contributed by atoms with E-state index in [0.717, 1.165) is 50.9 Å². The quantitative estimate of drug-likeness (QED) is 0.339. The molecule has 0 unspecified atom stereocenters. The van der Waals surface area contributed by atoms with Crippen LogP contribution in [0.3, 0.4) is 0 Å². The van der Waals surface area contributed by atoms with Crippen LogP contribution in [-0.2, 0) is 4.74 Å². The normalized spacial score (nSPS) is 9.00. The zero-order chi connectivity index (χ0) is 10.6. The van der Waals surface area contributed by atoms with Gasteiger partial charge in [0.1, 0.15) is 0 Å². The molecule has 0 saturated heterocycles. The third kappa shape index (κ3) is 9.19. The predicted octanol–water partition coefficient (Wildman–Crippen LogP) is 3.90. The van der Waals surface area contributed by atoms with Crippen molar-refractivity contribution in [3.63, 3.8) is 0 Å². The molecule has 0 N–H and O–H groups in total. The van der Waals surface area contributed by atoms with Gasteiger partial charge < -0.3 is 4.74 Å². The Kier molecular flexibility index (Phi) is 9.53. The van der Waals surface area contributed by atoms with Crippen LogP contribution in [0, 0.1) is 11.8 Å². The third-order valence-electron chi connectivity index (χ3n) is 1.86. The Balaban J connectivity index is 3.22. The predicted molar refractivity (Wildman–Crippen MR) is 61.9 cm³/mol. The van der Waals surface area contributed by atoms with Gasteiger partial charge in [0.15, 0.2) is 0 Å². The molecular formula is C13H22O. The van der Waals surface area contributed by atoms with E-state index in [9.17, 15) is 0 Å². The molecule has 1 nitrogen and oxygen atoms in total. The number of ether oxygens (including phenoxy) is 1. The minimum Gasteiger partial charge on any atom is -0.499 e. The van der Waals surface area contributed by atoms with Crippen LogP contribution in [0.5, 0.6) is 0 Å². The molecule has 80 valence electrons. The molecule has 0 saturated carbocycles. The molecule has 1 heteroatoms. The molecule has 0 rings (SSSR count). The first-order valence-electron chi connectivity index (χ1n) is 5.57. The number of allylic oxidation sites excluding steroid dienone is 1. The molecule has 0 aliphatic rings. The van der Waals surface area contributed by atoms with Crippen LogP contribution in [0.15, 0.2) is 12.3 Å². The van der Waals surface area contributed by atoms with Crippen LogP contribution in [0.1, 0.15) is 52.4 Å². The Morgan fingerprint density at radius 3 is 2.50 bits per heavy atom. The highest BCUT2D eigenvalue weighted by molar-refractivity contribution is 4.98. The smallest absolute Gasteiger partial charge is 0.0888 e. The second-order valence-corrected chi connectivity index (χ2v) is 3.28. The first-order chi connectivity index (χ1) is 6.81. The first-order valence-corrected chi connectivity index (χ1v) is 5.57. The van der Waals surface area contributed by atoms with Crippen molar-refractivity contribution in [3.05, 3.63) is 12.3 Å². The van der Waals surface area contributed by atoms with Gasteiger partial charge in [-0.1, -0.05) is 13.5 Å². The van der Waals surface area contributed by atoms with E-state index in [1.165, 1.54) is 0 Å². The van der Waals surface area contributed by atoms with Crippen molar-refractivity contribution >= 4 is 0 Å². The third-order valence-corrected chi connectivity index (χ3v) is 1.86. The topological polar surface area (TPSA) is 9.23 Å². The zero-order valence-electron chi connectivity index (χ0n) is 9.57. The summed E-state index contributed by atoms with van der Waals surface area (Å²) >= 11 is 0. The minimum absolute atomic E-state index is 0.731. The van der Waals surface area contributed by atoms with Crippen LogP contribution in [0.25, 0.3) is 0 Å². The minimum atomic E-state index is 0.731. The Hall–Kier alpha value is -0.900. The summed E-state index contributed by atoms with van der Waals surface area (Å²) in [5.74, 6) is 7.23. The van der Waals surface area contributed by atoms with Gasteiger partial charge in [-0.15, -0.1) is 11.8 Å². The van der Waals surface area contributed by atoms with Crippen LogP contribution in [0.2, 0.25) is 0 Å². The second-order valence-electron chi connectivity index (χ2n) is 3.28. The van der Waals surface area contributed by atoms with E-state index in [2.05, 4.69) is 25.3 Å². The van der Waals surface area contributed by atoms with Gasteiger partial charge in [0.25, 0.3) is 0 Å². The summed E-state index contributed by atoms with van der Waals surface area (Å²) in [5.41, 5.74) is 0. The molecule has 0 spiro atoms. The summed E-state index contributed by atoms with van der Waals surface area (Å²) in [6, 6.07) is 0. The second kappa shape index (κ2) is 10.2. The van der Waals surface area contributed by atoms with E-state index >= 15 is 0 Å². The summed E-state index contributed by atoms with van der Waals surface area (Å²) in [6.07, 6.45) is 6.48. The fourth-order valence-electron chi connectivity index (χ4n) is 1.11. The molecule has 0 fully saturated rings. The fourth-order valence-corrected chi connectivity index (χ4v) is 1.11. The zero-order valence-corrected chi connectivity index (χ0v) is 9.57. The van der Waals surface area contributed by atoms with Crippen LogP contribution in [-0.4, -0.2) is 6.61 Å². The molecule has 0 aromatic carbocycles. The Morgan fingerprint density at radius 1 is 1.14 bits per heavy atom. The van der Waals surface area contributed by atoms with E-state index in [4.69, 9.17) is 4.74 Å². The van der Waals surface area contributed by atoms with Crippen LogP contribution < -0.4 is 0 Å². The van der Waals surface area contributed by atoms with Crippen LogP contribution >= 0.6 is 0 Å². The van der Waals surface area contributed by atoms with Gasteiger partial charge in [0.2, 0.25) is 0 Å². The Labute approximate surface area is 88.5 Å². The molecule has 0 aromatic heterocycles. The van der Waals surface area contributed by atoms with E-state index in [-0.39, 0.29) is 0 Å². The lowest BCUT2D eigenvalue weighted by atomic mass is 10.2. The monoisotopic (exact) mass is 194 g/mol. The maximum Gasteiger partial charge on any atom is 0.0888 e. The van der Waals surface area contributed by atoms with E-state index < -0.39 is 0 Å². The largest absolute Gasteiger partial charge is 0.499 e. The molecule has 0 amide bonds. The lowest BCUT2D eigenvalue weighted by Gasteiger charge is -2.04. The van der Waals surface area contributed by atoms with Crippen LogP contribution in [0.4, 0.5) is 0 Å². The maximum atomic E-state index is 5.26. The van der Waals surface area contributed by atoms with E-state index in [1.807, 2.05) is 6.92 Å². The average molecular weight is 194 g/mol. The Morgan fingerprint density at radius 2 is 1.86 bits per heavy atom. The summed E-state index contributed by atoms with van der Waals surface area (Å²) < 4.78 is 5.26. The van der Waals surface area contributed by atoms with Gasteiger partial charge in [0, 0.05) is 19.3 Å². The molecule has 0 aliphatic carbocycles. The van der Waals surface area contributed by atoms with Crippen molar-refractivity contribution in [2.24, 2.45) is 0 Å². The van der Waals surface area contributed by atoms with Crippen molar-refractivity contribution in [1.29, 1.82) is 0 Å². The van der Waals surface area contributed by atoms with Gasteiger partial charge in [-0.3, -0.25) is 0 Å². The van der Waals surface area contributed by atoms with Gasteiger partial charge in [0.05, 0.1) is 12.4 Å². The summed E-state index contributed by atoms with van der Waals surface area (Å²) in [4.78, 5) is 0. The van der Waals surface area contributed by atoms with Gasteiger partial charge in [-0.25, -0.2) is 0 Å². The van der Waals surface area contributed by atoms with E-state index in [1.54, 1.807) is 0 Å². The molecule has 0 bridgehead atoms.